The first-order valence-corrected chi connectivity index (χ1v) is 7.50. The summed E-state index contributed by atoms with van der Waals surface area (Å²) >= 11 is 0. The molecule has 6 nitrogen and oxygen atoms in total. The quantitative estimate of drug-likeness (QED) is 0.572. The van der Waals surface area contributed by atoms with Crippen LogP contribution in [0.3, 0.4) is 0 Å². The number of carbonyl (C=O) groups excluding carboxylic acids is 1. The maximum atomic E-state index is 11.5. The van der Waals surface area contributed by atoms with E-state index in [1.807, 2.05) is 18.2 Å². The molecule has 0 aromatic heterocycles. The standard InChI is InChI=1S/C16H23N3O3.3ClH/c1-3-22-16(20)13(17)12-18-8-10-19(11-9-18)14-6-4-5-7-15(14)21-2;;;/h4-7,17H,3,8-12H2,1-2H3;3*1H. The molecule has 1 saturated heterocycles. The van der Waals surface area contributed by atoms with Crippen LogP contribution in [-0.4, -0.2) is 63.0 Å². The number of methoxy groups -OCH3 is 1. The summed E-state index contributed by atoms with van der Waals surface area (Å²) in [5.74, 6) is 0.352. The molecule has 0 atom stereocenters. The van der Waals surface area contributed by atoms with Gasteiger partial charge in [-0.3, -0.25) is 10.3 Å². The van der Waals surface area contributed by atoms with E-state index in [-0.39, 0.29) is 42.9 Å². The molecule has 144 valence electrons. The lowest BCUT2D eigenvalue weighted by Gasteiger charge is -2.36. The molecule has 9 heteroatoms. The average molecular weight is 415 g/mol. The highest BCUT2D eigenvalue weighted by atomic mass is 35.5. The number of anilines is 1. The number of nitrogens with one attached hydrogen (secondary N) is 1. The van der Waals surface area contributed by atoms with E-state index >= 15 is 0 Å². The number of hydrogen-bond donors (Lipinski definition) is 1. The van der Waals surface area contributed by atoms with Crippen molar-refractivity contribution in [1.82, 2.24) is 4.90 Å². The van der Waals surface area contributed by atoms with Crippen LogP contribution >= 0.6 is 37.2 Å². The molecule has 0 bridgehead atoms. The van der Waals surface area contributed by atoms with E-state index in [1.165, 1.54) is 0 Å². The number of para-hydroxylation sites is 2. The van der Waals surface area contributed by atoms with Crippen LogP contribution in [0.25, 0.3) is 0 Å². The Morgan fingerprint density at radius 2 is 1.72 bits per heavy atom. The van der Waals surface area contributed by atoms with E-state index in [0.29, 0.717) is 13.2 Å². The Morgan fingerprint density at radius 3 is 2.28 bits per heavy atom. The second-order valence-electron chi connectivity index (χ2n) is 5.13. The minimum atomic E-state index is -0.519. The number of ether oxygens (including phenoxy) is 2. The molecular weight excluding hydrogens is 389 g/mol. The van der Waals surface area contributed by atoms with Crippen LogP contribution in [0.1, 0.15) is 6.92 Å². The first kappa shape index (κ1) is 26.0. The summed E-state index contributed by atoms with van der Waals surface area (Å²) in [7, 11) is 1.68. The summed E-state index contributed by atoms with van der Waals surface area (Å²) in [4.78, 5) is 15.9. The summed E-state index contributed by atoms with van der Waals surface area (Å²) < 4.78 is 10.2. The van der Waals surface area contributed by atoms with E-state index in [0.717, 1.165) is 37.6 Å². The molecule has 0 spiro atoms. The molecule has 1 fully saturated rings. The molecule has 1 heterocycles. The van der Waals surface area contributed by atoms with Crippen molar-refractivity contribution in [3.05, 3.63) is 24.3 Å². The van der Waals surface area contributed by atoms with Crippen LogP contribution in [0.5, 0.6) is 5.75 Å². The van der Waals surface area contributed by atoms with Crippen molar-refractivity contribution < 1.29 is 14.3 Å². The maximum Gasteiger partial charge on any atom is 0.353 e. The van der Waals surface area contributed by atoms with E-state index in [2.05, 4.69) is 15.9 Å². The van der Waals surface area contributed by atoms with Gasteiger partial charge in [0.2, 0.25) is 0 Å². The highest BCUT2D eigenvalue weighted by Gasteiger charge is 2.22. The molecule has 1 aromatic carbocycles. The molecular formula is C16H26Cl3N3O3. The molecule has 0 saturated carbocycles. The van der Waals surface area contributed by atoms with Crippen molar-refractivity contribution >= 4 is 54.6 Å². The molecule has 0 aliphatic carbocycles. The first-order valence-electron chi connectivity index (χ1n) is 7.50. The third kappa shape index (κ3) is 7.28. The molecule has 1 aromatic rings. The summed E-state index contributed by atoms with van der Waals surface area (Å²) in [5, 5.41) is 7.76. The fourth-order valence-corrected chi connectivity index (χ4v) is 2.54. The summed E-state index contributed by atoms with van der Waals surface area (Å²) in [6.45, 7) is 5.70. The van der Waals surface area contributed by atoms with Gasteiger partial charge in [-0.1, -0.05) is 12.1 Å². The molecule has 1 N–H and O–H groups in total. The number of benzene rings is 1. The van der Waals surface area contributed by atoms with Crippen LogP contribution in [0, 0.1) is 5.41 Å². The smallest absolute Gasteiger partial charge is 0.353 e. The average Bonchev–Trinajstić information content (AvgIpc) is 2.55. The number of hydrogen-bond acceptors (Lipinski definition) is 6. The highest BCUT2D eigenvalue weighted by Crippen LogP contribution is 2.28. The number of carbonyl (C=O) groups is 1. The van der Waals surface area contributed by atoms with E-state index < -0.39 is 5.97 Å². The number of nitrogens with zero attached hydrogens (tertiary/aromatic N) is 2. The molecule has 1 aliphatic rings. The largest absolute Gasteiger partial charge is 0.495 e. The molecule has 0 unspecified atom stereocenters. The first-order chi connectivity index (χ1) is 10.7. The zero-order chi connectivity index (χ0) is 15.9. The third-order valence-electron chi connectivity index (χ3n) is 3.70. The van der Waals surface area contributed by atoms with Crippen LogP contribution in [0.2, 0.25) is 0 Å². The van der Waals surface area contributed by atoms with Crippen molar-refractivity contribution in [1.29, 1.82) is 5.41 Å². The Hall–Kier alpha value is -1.21. The molecule has 0 amide bonds. The molecule has 2 rings (SSSR count). The van der Waals surface area contributed by atoms with Gasteiger partial charge in [0.05, 0.1) is 19.4 Å². The molecule has 25 heavy (non-hydrogen) atoms. The maximum absolute atomic E-state index is 11.5. The monoisotopic (exact) mass is 413 g/mol. The number of halogens is 3. The van der Waals surface area contributed by atoms with Crippen LogP contribution in [0.4, 0.5) is 5.69 Å². The Bertz CT molecular complexity index is 538. The van der Waals surface area contributed by atoms with Crippen molar-refractivity contribution in [2.24, 2.45) is 0 Å². The van der Waals surface area contributed by atoms with Crippen molar-refractivity contribution in [2.45, 2.75) is 6.92 Å². The number of piperazine rings is 1. The SMILES string of the molecule is CCOC(=O)C(=N)CN1CCN(c2ccccc2OC)CC1.Cl.Cl.Cl. The van der Waals surface area contributed by atoms with Crippen molar-refractivity contribution in [2.75, 3.05) is 51.3 Å². The predicted molar refractivity (Wildman–Crippen MR) is 108 cm³/mol. The van der Waals surface area contributed by atoms with Gasteiger partial charge in [0.1, 0.15) is 11.5 Å². The minimum absolute atomic E-state index is 0. The van der Waals surface area contributed by atoms with Gasteiger partial charge in [-0.25, -0.2) is 4.79 Å². The van der Waals surface area contributed by atoms with Crippen molar-refractivity contribution in [3.8, 4) is 5.75 Å². The molecule has 0 radical (unpaired) electrons. The zero-order valence-electron chi connectivity index (χ0n) is 14.4. The van der Waals surface area contributed by atoms with E-state index in [9.17, 15) is 4.79 Å². The van der Waals surface area contributed by atoms with Crippen LogP contribution in [0.15, 0.2) is 24.3 Å². The van der Waals surface area contributed by atoms with Gasteiger partial charge in [-0.15, -0.1) is 37.2 Å². The minimum Gasteiger partial charge on any atom is -0.495 e. The lowest BCUT2D eigenvalue weighted by Crippen LogP contribution is -2.48. The highest BCUT2D eigenvalue weighted by molar-refractivity contribution is 6.35. The van der Waals surface area contributed by atoms with Gasteiger partial charge in [0.15, 0.2) is 0 Å². The van der Waals surface area contributed by atoms with Gasteiger partial charge in [-0.05, 0) is 19.1 Å². The van der Waals surface area contributed by atoms with Gasteiger partial charge in [0, 0.05) is 32.7 Å². The summed E-state index contributed by atoms with van der Waals surface area (Å²) in [6.07, 6.45) is 0. The van der Waals surface area contributed by atoms with Gasteiger partial charge in [-0.2, -0.15) is 0 Å². The Morgan fingerprint density at radius 1 is 1.12 bits per heavy atom. The van der Waals surface area contributed by atoms with Crippen molar-refractivity contribution in [3.63, 3.8) is 0 Å². The van der Waals surface area contributed by atoms with Gasteiger partial charge < -0.3 is 14.4 Å². The fraction of sp³-hybridized carbons (Fsp3) is 0.500. The second-order valence-corrected chi connectivity index (χ2v) is 5.13. The Balaban J connectivity index is 0. The zero-order valence-corrected chi connectivity index (χ0v) is 16.8. The topological polar surface area (TPSA) is 65.9 Å². The fourth-order valence-electron chi connectivity index (χ4n) is 2.54. The second kappa shape index (κ2) is 13.1. The lowest BCUT2D eigenvalue weighted by atomic mass is 10.2. The Labute approximate surface area is 167 Å². The van der Waals surface area contributed by atoms with E-state index in [4.69, 9.17) is 14.9 Å². The van der Waals surface area contributed by atoms with Gasteiger partial charge >= 0.3 is 5.97 Å². The summed E-state index contributed by atoms with van der Waals surface area (Å²) in [5.41, 5.74) is 1.11. The van der Waals surface area contributed by atoms with E-state index in [1.54, 1.807) is 14.0 Å². The predicted octanol–water partition coefficient (Wildman–Crippen LogP) is 2.67. The number of rotatable bonds is 6. The molecule has 1 aliphatic heterocycles. The lowest BCUT2D eigenvalue weighted by molar-refractivity contribution is -0.135. The van der Waals surface area contributed by atoms with Gasteiger partial charge in [0.25, 0.3) is 0 Å². The Kier molecular flexibility index (Phi) is 13.6. The number of esters is 1. The third-order valence-corrected chi connectivity index (χ3v) is 3.70. The van der Waals surface area contributed by atoms with Crippen LogP contribution < -0.4 is 9.64 Å². The normalized spacial score (nSPS) is 13.6. The van der Waals surface area contributed by atoms with Crippen LogP contribution in [-0.2, 0) is 9.53 Å². The summed E-state index contributed by atoms with van der Waals surface area (Å²) in [6, 6.07) is 7.97.